The second-order valence-corrected chi connectivity index (χ2v) is 7.27. The van der Waals surface area contributed by atoms with Crippen molar-refractivity contribution in [2.24, 2.45) is 5.92 Å². The number of hydrogen-bond acceptors (Lipinski definition) is 3. The molecule has 138 valence electrons. The number of hydrogen-bond donors (Lipinski definition) is 2. The van der Waals surface area contributed by atoms with Crippen LogP contribution in [0.2, 0.25) is 5.02 Å². The third-order valence-electron chi connectivity index (χ3n) is 4.86. The molecule has 1 fully saturated rings. The Hall–Kier alpha value is -1.88. The number of nitrogens with one attached hydrogen (secondary N) is 1. The zero-order valence-corrected chi connectivity index (χ0v) is 15.6. The van der Waals surface area contributed by atoms with Crippen LogP contribution in [0.15, 0.2) is 48.5 Å². The van der Waals surface area contributed by atoms with Crippen LogP contribution in [0.1, 0.15) is 23.2 Å². The van der Waals surface area contributed by atoms with Crippen LogP contribution in [0.4, 0.5) is 0 Å². The normalized spacial score (nSPS) is 17.8. The van der Waals surface area contributed by atoms with Crippen molar-refractivity contribution in [2.75, 3.05) is 32.8 Å². The zero-order valence-electron chi connectivity index (χ0n) is 14.8. The molecule has 2 N–H and O–H groups in total. The van der Waals surface area contributed by atoms with Crippen LogP contribution < -0.4 is 5.32 Å². The quantitative estimate of drug-likeness (QED) is 0.816. The molecule has 1 unspecified atom stereocenters. The van der Waals surface area contributed by atoms with Gasteiger partial charge in [0.25, 0.3) is 5.91 Å². The Morgan fingerprint density at radius 3 is 2.73 bits per heavy atom. The maximum absolute atomic E-state index is 12.5. The van der Waals surface area contributed by atoms with Gasteiger partial charge >= 0.3 is 0 Å². The minimum atomic E-state index is -0.0652. The SMILES string of the molecule is O=C(NCCN1CCCC(CO)C1)c1cccc(-c2cccc(Cl)c2)c1. The Labute approximate surface area is 159 Å². The molecule has 0 radical (unpaired) electrons. The first-order valence-corrected chi connectivity index (χ1v) is 9.51. The lowest BCUT2D eigenvalue weighted by molar-refractivity contribution is 0.0930. The fraction of sp³-hybridized carbons (Fsp3) is 0.381. The zero-order chi connectivity index (χ0) is 18.4. The topological polar surface area (TPSA) is 52.6 Å². The maximum atomic E-state index is 12.5. The predicted octanol–water partition coefficient (Wildman–Crippen LogP) is 3.44. The summed E-state index contributed by atoms with van der Waals surface area (Å²) in [5, 5.41) is 13.0. The van der Waals surface area contributed by atoms with Crippen LogP contribution in [0, 0.1) is 5.92 Å². The first-order chi connectivity index (χ1) is 12.7. The second-order valence-electron chi connectivity index (χ2n) is 6.84. The summed E-state index contributed by atoms with van der Waals surface area (Å²) < 4.78 is 0. The lowest BCUT2D eigenvalue weighted by Crippen LogP contribution is -2.41. The summed E-state index contributed by atoms with van der Waals surface area (Å²) in [7, 11) is 0. The van der Waals surface area contributed by atoms with Gasteiger partial charge in [0.2, 0.25) is 0 Å². The molecule has 5 heteroatoms. The van der Waals surface area contributed by atoms with Gasteiger partial charge in [-0.3, -0.25) is 4.79 Å². The van der Waals surface area contributed by atoms with Gasteiger partial charge in [-0.2, -0.15) is 0 Å². The van der Waals surface area contributed by atoms with E-state index in [-0.39, 0.29) is 12.5 Å². The van der Waals surface area contributed by atoms with Gasteiger partial charge in [-0.1, -0.05) is 35.9 Å². The fourth-order valence-electron chi connectivity index (χ4n) is 3.44. The number of aliphatic hydroxyl groups is 1. The Morgan fingerprint density at radius 2 is 1.96 bits per heavy atom. The van der Waals surface area contributed by atoms with Crippen LogP contribution in [0.3, 0.4) is 0 Å². The average Bonchev–Trinajstić information content (AvgIpc) is 2.68. The number of carbonyl (C=O) groups is 1. The van der Waals surface area contributed by atoms with Crippen molar-refractivity contribution in [3.8, 4) is 11.1 Å². The van der Waals surface area contributed by atoms with E-state index < -0.39 is 0 Å². The molecule has 1 amide bonds. The van der Waals surface area contributed by atoms with Gasteiger partial charge in [-0.05, 0) is 60.7 Å². The molecule has 1 atom stereocenters. The van der Waals surface area contributed by atoms with Crippen LogP contribution >= 0.6 is 11.6 Å². The van der Waals surface area contributed by atoms with Gasteiger partial charge in [0.15, 0.2) is 0 Å². The van der Waals surface area contributed by atoms with Gasteiger partial charge in [0.05, 0.1) is 0 Å². The Bertz CT molecular complexity index is 750. The highest BCUT2D eigenvalue weighted by Crippen LogP contribution is 2.23. The van der Waals surface area contributed by atoms with Crippen molar-refractivity contribution in [1.29, 1.82) is 0 Å². The minimum Gasteiger partial charge on any atom is -0.396 e. The van der Waals surface area contributed by atoms with Crippen LogP contribution in [-0.4, -0.2) is 48.7 Å². The molecule has 0 saturated carbocycles. The summed E-state index contributed by atoms with van der Waals surface area (Å²) >= 11 is 6.06. The number of rotatable bonds is 6. The molecule has 2 aromatic rings. The number of likely N-dealkylation sites (tertiary alicyclic amines) is 1. The minimum absolute atomic E-state index is 0.0652. The largest absolute Gasteiger partial charge is 0.396 e. The molecule has 1 aliphatic rings. The number of amides is 1. The van der Waals surface area contributed by atoms with E-state index >= 15 is 0 Å². The number of nitrogens with zero attached hydrogens (tertiary/aromatic N) is 1. The van der Waals surface area contributed by atoms with Gasteiger partial charge in [-0.25, -0.2) is 0 Å². The lowest BCUT2D eigenvalue weighted by Gasteiger charge is -2.31. The average molecular weight is 373 g/mol. The number of benzene rings is 2. The van der Waals surface area contributed by atoms with Crippen molar-refractivity contribution >= 4 is 17.5 Å². The van der Waals surface area contributed by atoms with Gasteiger partial charge < -0.3 is 15.3 Å². The summed E-state index contributed by atoms with van der Waals surface area (Å²) in [6.45, 7) is 3.63. The van der Waals surface area contributed by atoms with Crippen LogP contribution in [0.25, 0.3) is 11.1 Å². The maximum Gasteiger partial charge on any atom is 0.251 e. The number of halogens is 1. The third kappa shape index (κ3) is 5.07. The lowest BCUT2D eigenvalue weighted by atomic mass is 9.99. The van der Waals surface area contributed by atoms with Crippen LogP contribution in [0.5, 0.6) is 0 Å². The highest BCUT2D eigenvalue weighted by molar-refractivity contribution is 6.30. The van der Waals surface area contributed by atoms with Gasteiger partial charge in [0.1, 0.15) is 0 Å². The Morgan fingerprint density at radius 1 is 1.19 bits per heavy atom. The first-order valence-electron chi connectivity index (χ1n) is 9.13. The third-order valence-corrected chi connectivity index (χ3v) is 5.09. The molecule has 3 rings (SSSR count). The smallest absolute Gasteiger partial charge is 0.251 e. The second kappa shape index (κ2) is 9.17. The molecule has 0 bridgehead atoms. The number of piperidine rings is 1. The van der Waals surface area contributed by atoms with Crippen LogP contribution in [-0.2, 0) is 0 Å². The van der Waals surface area contributed by atoms with Gasteiger partial charge in [0, 0.05) is 36.8 Å². The van der Waals surface area contributed by atoms with E-state index in [1.165, 1.54) is 0 Å². The van der Waals surface area contributed by atoms with E-state index in [1.807, 2.05) is 48.5 Å². The predicted molar refractivity (Wildman–Crippen MR) is 105 cm³/mol. The van der Waals surface area contributed by atoms with E-state index in [0.717, 1.165) is 43.6 Å². The Balaban J connectivity index is 1.56. The van der Waals surface area contributed by atoms with E-state index in [0.29, 0.717) is 23.0 Å². The summed E-state index contributed by atoms with van der Waals surface area (Å²) in [4.78, 5) is 14.8. The number of aliphatic hydroxyl groups excluding tert-OH is 1. The molecule has 26 heavy (non-hydrogen) atoms. The molecule has 0 spiro atoms. The molecule has 0 aromatic heterocycles. The summed E-state index contributed by atoms with van der Waals surface area (Å²) in [6.07, 6.45) is 2.20. The highest BCUT2D eigenvalue weighted by Gasteiger charge is 2.18. The van der Waals surface area contributed by atoms with Crippen molar-refractivity contribution < 1.29 is 9.90 Å². The molecule has 4 nitrogen and oxygen atoms in total. The monoisotopic (exact) mass is 372 g/mol. The van der Waals surface area contributed by atoms with Gasteiger partial charge in [-0.15, -0.1) is 0 Å². The standard InChI is InChI=1S/C21H25ClN2O2/c22-20-8-2-6-18(13-20)17-5-1-7-19(12-17)21(26)23-9-11-24-10-3-4-16(14-24)15-25/h1-2,5-8,12-13,16,25H,3-4,9-11,14-15H2,(H,23,26). The molecule has 1 heterocycles. The van der Waals surface area contributed by atoms with Crippen molar-refractivity contribution in [3.05, 3.63) is 59.1 Å². The van der Waals surface area contributed by atoms with Crippen molar-refractivity contribution in [2.45, 2.75) is 12.8 Å². The molecule has 0 aliphatic carbocycles. The molecular formula is C21H25ClN2O2. The van der Waals surface area contributed by atoms with Crippen molar-refractivity contribution in [1.82, 2.24) is 10.2 Å². The summed E-state index contributed by atoms with van der Waals surface area (Å²) in [5.41, 5.74) is 2.62. The molecular weight excluding hydrogens is 348 g/mol. The summed E-state index contributed by atoms with van der Waals surface area (Å²) in [6, 6.07) is 15.2. The van der Waals surface area contributed by atoms with Crippen molar-refractivity contribution in [3.63, 3.8) is 0 Å². The highest BCUT2D eigenvalue weighted by atomic mass is 35.5. The Kier molecular flexibility index (Phi) is 6.67. The first kappa shape index (κ1) is 18.9. The van der Waals surface area contributed by atoms with E-state index in [9.17, 15) is 9.90 Å². The van der Waals surface area contributed by atoms with E-state index in [2.05, 4.69) is 10.2 Å². The van der Waals surface area contributed by atoms with E-state index in [1.54, 1.807) is 0 Å². The molecule has 2 aromatic carbocycles. The number of carbonyl (C=O) groups excluding carboxylic acids is 1. The van der Waals surface area contributed by atoms with E-state index in [4.69, 9.17) is 11.6 Å². The fourth-order valence-corrected chi connectivity index (χ4v) is 3.63. The molecule has 1 aliphatic heterocycles. The molecule has 1 saturated heterocycles. The summed E-state index contributed by atoms with van der Waals surface area (Å²) in [5.74, 6) is 0.304.